The Labute approximate surface area is 119 Å². The quantitative estimate of drug-likeness (QED) is 0.876. The number of anilines is 1. The van der Waals surface area contributed by atoms with Gasteiger partial charge in [0.25, 0.3) is 5.91 Å². The Hall–Kier alpha value is -2.04. The number of hydrogen-bond acceptors (Lipinski definition) is 3. The van der Waals surface area contributed by atoms with Crippen LogP contribution in [0.5, 0.6) is 0 Å². The lowest BCUT2D eigenvalue weighted by Crippen LogP contribution is -2.56. The number of amides is 2. The third-order valence-corrected chi connectivity index (χ3v) is 3.72. The van der Waals surface area contributed by atoms with E-state index >= 15 is 0 Å². The van der Waals surface area contributed by atoms with Gasteiger partial charge in [-0.25, -0.2) is 0 Å². The lowest BCUT2D eigenvalue weighted by atomic mass is 10.0. The van der Waals surface area contributed by atoms with Gasteiger partial charge < -0.3 is 15.5 Å². The van der Waals surface area contributed by atoms with Crippen molar-refractivity contribution in [3.8, 4) is 0 Å². The van der Waals surface area contributed by atoms with Crippen molar-refractivity contribution in [1.82, 2.24) is 10.2 Å². The summed E-state index contributed by atoms with van der Waals surface area (Å²) in [5, 5.41) is 5.89. The van der Waals surface area contributed by atoms with E-state index in [0.717, 1.165) is 11.3 Å². The average Bonchev–Trinajstić information content (AvgIpc) is 2.46. The molecule has 2 amide bonds. The molecule has 1 aliphatic rings. The number of carbonyl (C=O) groups excluding carboxylic acids is 2. The van der Waals surface area contributed by atoms with E-state index in [9.17, 15) is 9.59 Å². The van der Waals surface area contributed by atoms with E-state index in [-0.39, 0.29) is 17.9 Å². The van der Waals surface area contributed by atoms with E-state index in [1.807, 2.05) is 33.0 Å². The van der Waals surface area contributed by atoms with Crippen LogP contribution in [0.15, 0.2) is 18.2 Å². The molecule has 1 fully saturated rings. The topological polar surface area (TPSA) is 61.4 Å². The van der Waals surface area contributed by atoms with E-state index in [0.29, 0.717) is 25.1 Å². The number of benzene rings is 1. The summed E-state index contributed by atoms with van der Waals surface area (Å²) < 4.78 is 0. The van der Waals surface area contributed by atoms with Gasteiger partial charge in [0, 0.05) is 31.4 Å². The molecule has 2 rings (SSSR count). The summed E-state index contributed by atoms with van der Waals surface area (Å²) in [5.74, 6) is -0.131. The molecular weight excluding hydrogens is 254 g/mol. The van der Waals surface area contributed by atoms with Gasteiger partial charge in [-0.2, -0.15) is 0 Å². The first-order valence-corrected chi connectivity index (χ1v) is 6.95. The summed E-state index contributed by atoms with van der Waals surface area (Å²) >= 11 is 0. The number of carbonyl (C=O) groups is 2. The van der Waals surface area contributed by atoms with Crippen LogP contribution in [0.4, 0.5) is 5.69 Å². The highest BCUT2D eigenvalue weighted by atomic mass is 16.2. The smallest absolute Gasteiger partial charge is 0.254 e. The van der Waals surface area contributed by atoms with E-state index < -0.39 is 0 Å². The molecule has 2 N–H and O–H groups in total. The number of nitrogens with one attached hydrogen (secondary N) is 2. The first-order valence-electron chi connectivity index (χ1n) is 6.95. The van der Waals surface area contributed by atoms with Gasteiger partial charge in [-0.05, 0) is 37.1 Å². The Balaban J connectivity index is 2.25. The highest BCUT2D eigenvalue weighted by molar-refractivity contribution is 5.98. The molecule has 0 radical (unpaired) electrons. The third kappa shape index (κ3) is 2.61. The zero-order chi connectivity index (χ0) is 14.7. The van der Waals surface area contributed by atoms with E-state index in [1.165, 1.54) is 0 Å². The Morgan fingerprint density at radius 1 is 1.50 bits per heavy atom. The molecule has 5 heteroatoms. The van der Waals surface area contributed by atoms with Gasteiger partial charge in [0.2, 0.25) is 5.91 Å². The fourth-order valence-electron chi connectivity index (χ4n) is 2.61. The van der Waals surface area contributed by atoms with E-state index in [4.69, 9.17) is 0 Å². The Kier molecular flexibility index (Phi) is 4.27. The van der Waals surface area contributed by atoms with Crippen molar-refractivity contribution in [3.05, 3.63) is 29.3 Å². The minimum atomic E-state index is -0.361. The zero-order valence-electron chi connectivity index (χ0n) is 12.2. The fraction of sp³-hybridized carbons (Fsp3) is 0.467. The van der Waals surface area contributed by atoms with Gasteiger partial charge in [-0.1, -0.05) is 6.92 Å². The molecule has 0 aliphatic carbocycles. The number of aryl methyl sites for hydroxylation is 1. The summed E-state index contributed by atoms with van der Waals surface area (Å²) in [6.07, 6.45) is 0.630. The highest BCUT2D eigenvalue weighted by Crippen LogP contribution is 2.19. The monoisotopic (exact) mass is 275 g/mol. The highest BCUT2D eigenvalue weighted by Gasteiger charge is 2.32. The Bertz CT molecular complexity index is 528. The molecule has 1 atom stereocenters. The molecule has 0 saturated carbocycles. The van der Waals surface area contributed by atoms with Crippen LogP contribution in [-0.2, 0) is 4.79 Å². The molecule has 1 aromatic carbocycles. The standard InChI is InChI=1S/C15H21N3O2/c1-4-13-14(19)17-7-8-18(13)15(20)11-5-6-12(16-3)10(2)9-11/h5-6,9,13,16H,4,7-8H2,1-3H3,(H,17,19). The normalized spacial score (nSPS) is 18.6. The summed E-state index contributed by atoms with van der Waals surface area (Å²) in [6, 6.07) is 5.21. The van der Waals surface area contributed by atoms with Crippen LogP contribution in [0.25, 0.3) is 0 Å². The van der Waals surface area contributed by atoms with Gasteiger partial charge in [0.05, 0.1) is 0 Å². The maximum atomic E-state index is 12.6. The van der Waals surface area contributed by atoms with Crippen LogP contribution in [0.3, 0.4) is 0 Å². The molecule has 1 heterocycles. The van der Waals surface area contributed by atoms with Crippen LogP contribution in [0.1, 0.15) is 29.3 Å². The SMILES string of the molecule is CCC1C(=O)NCCN1C(=O)c1ccc(NC)c(C)c1. The molecule has 108 valence electrons. The predicted molar refractivity (Wildman–Crippen MR) is 78.9 cm³/mol. The van der Waals surface area contributed by atoms with Gasteiger partial charge in [-0.15, -0.1) is 0 Å². The van der Waals surface area contributed by atoms with Crippen molar-refractivity contribution in [2.24, 2.45) is 0 Å². The Morgan fingerprint density at radius 3 is 2.85 bits per heavy atom. The van der Waals surface area contributed by atoms with Crippen LogP contribution in [-0.4, -0.2) is 42.9 Å². The van der Waals surface area contributed by atoms with Crippen molar-refractivity contribution in [2.75, 3.05) is 25.5 Å². The number of rotatable bonds is 3. The summed E-state index contributed by atoms with van der Waals surface area (Å²) in [7, 11) is 1.85. The maximum Gasteiger partial charge on any atom is 0.254 e. The van der Waals surface area contributed by atoms with Gasteiger partial charge in [-0.3, -0.25) is 9.59 Å². The minimum absolute atomic E-state index is 0.0596. The number of hydrogen-bond donors (Lipinski definition) is 2. The van der Waals surface area contributed by atoms with E-state index in [2.05, 4.69) is 10.6 Å². The van der Waals surface area contributed by atoms with E-state index in [1.54, 1.807) is 11.0 Å². The zero-order valence-corrected chi connectivity index (χ0v) is 12.2. The first kappa shape index (κ1) is 14.4. The largest absolute Gasteiger partial charge is 0.388 e. The molecule has 20 heavy (non-hydrogen) atoms. The maximum absolute atomic E-state index is 12.6. The molecule has 0 spiro atoms. The summed E-state index contributed by atoms with van der Waals surface area (Å²) in [6.45, 7) is 4.97. The van der Waals surface area contributed by atoms with Crippen molar-refractivity contribution < 1.29 is 9.59 Å². The van der Waals surface area contributed by atoms with Crippen molar-refractivity contribution in [3.63, 3.8) is 0 Å². The van der Waals surface area contributed by atoms with Gasteiger partial charge >= 0.3 is 0 Å². The Morgan fingerprint density at radius 2 is 2.25 bits per heavy atom. The second-order valence-electron chi connectivity index (χ2n) is 4.99. The molecule has 1 saturated heterocycles. The van der Waals surface area contributed by atoms with Crippen LogP contribution >= 0.6 is 0 Å². The average molecular weight is 275 g/mol. The van der Waals surface area contributed by atoms with Crippen molar-refractivity contribution in [1.29, 1.82) is 0 Å². The number of nitrogens with zero attached hydrogens (tertiary/aromatic N) is 1. The second-order valence-corrected chi connectivity index (χ2v) is 4.99. The lowest BCUT2D eigenvalue weighted by molar-refractivity contribution is -0.127. The van der Waals surface area contributed by atoms with Gasteiger partial charge in [0.15, 0.2) is 0 Å². The minimum Gasteiger partial charge on any atom is -0.388 e. The molecule has 0 bridgehead atoms. The second kappa shape index (κ2) is 5.94. The molecule has 1 unspecified atom stereocenters. The molecular formula is C15H21N3O2. The van der Waals surface area contributed by atoms with Crippen molar-refractivity contribution >= 4 is 17.5 Å². The molecule has 5 nitrogen and oxygen atoms in total. The molecule has 1 aliphatic heterocycles. The van der Waals surface area contributed by atoms with Crippen molar-refractivity contribution in [2.45, 2.75) is 26.3 Å². The lowest BCUT2D eigenvalue weighted by Gasteiger charge is -2.34. The van der Waals surface area contributed by atoms with Crippen LogP contribution < -0.4 is 10.6 Å². The van der Waals surface area contributed by atoms with Gasteiger partial charge in [0.1, 0.15) is 6.04 Å². The predicted octanol–water partition coefficient (Wildman–Crippen LogP) is 1.39. The van der Waals surface area contributed by atoms with Crippen LogP contribution in [0, 0.1) is 6.92 Å². The number of piperazine rings is 1. The fourth-order valence-corrected chi connectivity index (χ4v) is 2.61. The molecule has 0 aromatic heterocycles. The molecule has 1 aromatic rings. The van der Waals surface area contributed by atoms with Crippen LogP contribution in [0.2, 0.25) is 0 Å². The summed E-state index contributed by atoms with van der Waals surface area (Å²) in [4.78, 5) is 26.1. The summed E-state index contributed by atoms with van der Waals surface area (Å²) in [5.41, 5.74) is 2.66. The third-order valence-electron chi connectivity index (χ3n) is 3.72. The first-order chi connectivity index (χ1) is 9.58.